The van der Waals surface area contributed by atoms with Crippen LogP contribution in [0.4, 0.5) is 10.1 Å². The number of carbonyl (C=O) groups is 1. The van der Waals surface area contributed by atoms with Crippen molar-refractivity contribution in [3.8, 4) is 11.3 Å². The Bertz CT molecular complexity index is 1110. The van der Waals surface area contributed by atoms with E-state index in [4.69, 9.17) is 11.6 Å². The van der Waals surface area contributed by atoms with Crippen LogP contribution in [-0.4, -0.2) is 46.8 Å². The number of piperazine rings is 1. The van der Waals surface area contributed by atoms with Gasteiger partial charge >= 0.3 is 0 Å². The van der Waals surface area contributed by atoms with Crippen molar-refractivity contribution in [3.05, 3.63) is 81.9 Å². The Hall–Kier alpha value is -3.19. The van der Waals surface area contributed by atoms with Crippen molar-refractivity contribution in [2.45, 2.75) is 6.54 Å². The van der Waals surface area contributed by atoms with E-state index >= 15 is 0 Å². The van der Waals surface area contributed by atoms with Gasteiger partial charge in [-0.3, -0.25) is 9.59 Å². The summed E-state index contributed by atoms with van der Waals surface area (Å²) >= 11 is 5.92. The van der Waals surface area contributed by atoms with Gasteiger partial charge in [-0.25, -0.2) is 9.07 Å². The summed E-state index contributed by atoms with van der Waals surface area (Å²) in [5.41, 5.74) is 1.59. The number of anilines is 1. The fourth-order valence-corrected chi connectivity index (χ4v) is 3.60. The average molecular weight is 427 g/mol. The first kappa shape index (κ1) is 20.1. The van der Waals surface area contributed by atoms with E-state index in [2.05, 4.69) is 5.10 Å². The van der Waals surface area contributed by atoms with Gasteiger partial charge in [0.1, 0.15) is 12.4 Å². The van der Waals surface area contributed by atoms with Crippen LogP contribution in [0.2, 0.25) is 5.02 Å². The number of carbonyl (C=O) groups excluding carboxylic acids is 1. The standard InChI is InChI=1S/C22H20ClFN4O2/c23-17-7-5-16(6-8-17)19-9-10-21(29)28(25-19)15-22(30)27-13-11-26(12-14-27)20-4-2-1-3-18(20)24/h1-10H,11-15H2. The molecule has 0 atom stereocenters. The second-order valence-electron chi connectivity index (χ2n) is 7.04. The van der Waals surface area contributed by atoms with Crippen molar-refractivity contribution in [1.29, 1.82) is 0 Å². The minimum absolute atomic E-state index is 0.139. The number of aromatic nitrogens is 2. The molecule has 0 bridgehead atoms. The third-order valence-corrected chi connectivity index (χ3v) is 5.37. The molecule has 0 radical (unpaired) electrons. The number of rotatable bonds is 4. The van der Waals surface area contributed by atoms with Crippen molar-refractivity contribution >= 4 is 23.2 Å². The molecule has 2 heterocycles. The van der Waals surface area contributed by atoms with Gasteiger partial charge in [0.2, 0.25) is 5.91 Å². The van der Waals surface area contributed by atoms with Gasteiger partial charge in [-0.2, -0.15) is 5.10 Å². The number of benzene rings is 2. The first-order chi connectivity index (χ1) is 14.5. The van der Waals surface area contributed by atoms with Crippen LogP contribution in [-0.2, 0) is 11.3 Å². The van der Waals surface area contributed by atoms with Gasteiger partial charge in [-0.15, -0.1) is 0 Å². The summed E-state index contributed by atoms with van der Waals surface area (Å²) < 4.78 is 15.2. The van der Waals surface area contributed by atoms with Gasteiger partial charge in [0, 0.05) is 42.8 Å². The summed E-state index contributed by atoms with van der Waals surface area (Å²) in [4.78, 5) is 28.5. The van der Waals surface area contributed by atoms with E-state index in [0.717, 1.165) is 5.56 Å². The van der Waals surface area contributed by atoms with Gasteiger partial charge < -0.3 is 9.80 Å². The molecule has 1 aliphatic rings. The largest absolute Gasteiger partial charge is 0.366 e. The quantitative estimate of drug-likeness (QED) is 0.643. The highest BCUT2D eigenvalue weighted by Crippen LogP contribution is 2.21. The van der Waals surface area contributed by atoms with Crippen molar-refractivity contribution in [2.24, 2.45) is 0 Å². The van der Waals surface area contributed by atoms with Crippen molar-refractivity contribution < 1.29 is 9.18 Å². The number of halogens is 2. The second-order valence-corrected chi connectivity index (χ2v) is 7.48. The van der Waals surface area contributed by atoms with E-state index in [1.807, 2.05) is 17.0 Å². The molecule has 154 valence electrons. The third-order valence-electron chi connectivity index (χ3n) is 5.12. The molecule has 1 aromatic heterocycles. The Labute approximate surface area is 178 Å². The molecule has 1 aliphatic heterocycles. The van der Waals surface area contributed by atoms with Gasteiger partial charge in [-0.05, 0) is 30.3 Å². The van der Waals surface area contributed by atoms with Crippen molar-refractivity contribution in [1.82, 2.24) is 14.7 Å². The molecule has 1 amide bonds. The lowest BCUT2D eigenvalue weighted by Gasteiger charge is -2.36. The molecular formula is C22H20ClFN4O2. The van der Waals surface area contributed by atoms with Crippen LogP contribution in [0, 0.1) is 5.82 Å². The predicted octanol–water partition coefficient (Wildman–Crippen LogP) is 3.05. The number of para-hydroxylation sites is 1. The molecule has 0 aliphatic carbocycles. The lowest BCUT2D eigenvalue weighted by molar-refractivity contribution is -0.132. The molecule has 0 saturated carbocycles. The highest BCUT2D eigenvalue weighted by atomic mass is 35.5. The fourth-order valence-electron chi connectivity index (χ4n) is 3.47. The van der Waals surface area contributed by atoms with E-state index in [-0.39, 0.29) is 23.8 Å². The minimum atomic E-state index is -0.342. The van der Waals surface area contributed by atoms with Crippen LogP contribution in [0.25, 0.3) is 11.3 Å². The van der Waals surface area contributed by atoms with Crippen LogP contribution < -0.4 is 10.5 Å². The van der Waals surface area contributed by atoms with E-state index in [0.29, 0.717) is 42.6 Å². The van der Waals surface area contributed by atoms with Crippen molar-refractivity contribution in [2.75, 3.05) is 31.1 Å². The first-order valence-corrected chi connectivity index (χ1v) is 10.0. The van der Waals surface area contributed by atoms with Crippen LogP contribution in [0.1, 0.15) is 0 Å². The zero-order valence-electron chi connectivity index (χ0n) is 16.2. The van der Waals surface area contributed by atoms with Gasteiger partial charge in [0.15, 0.2) is 0 Å². The van der Waals surface area contributed by atoms with Gasteiger partial charge in [-0.1, -0.05) is 35.9 Å². The summed E-state index contributed by atoms with van der Waals surface area (Å²) in [5, 5.41) is 4.94. The summed E-state index contributed by atoms with van der Waals surface area (Å²) in [5.74, 6) is -0.460. The molecule has 0 unspecified atom stereocenters. The molecule has 6 nitrogen and oxygen atoms in total. The first-order valence-electron chi connectivity index (χ1n) is 9.62. The lowest BCUT2D eigenvalue weighted by atomic mass is 10.1. The number of hydrogen-bond donors (Lipinski definition) is 0. The number of hydrogen-bond acceptors (Lipinski definition) is 4. The third kappa shape index (κ3) is 4.36. The molecule has 8 heteroatoms. The Morgan fingerprint density at radius 3 is 2.37 bits per heavy atom. The molecule has 0 N–H and O–H groups in total. The maximum absolute atomic E-state index is 14.0. The molecule has 1 saturated heterocycles. The summed E-state index contributed by atoms with van der Waals surface area (Å²) in [7, 11) is 0. The monoisotopic (exact) mass is 426 g/mol. The number of amides is 1. The lowest BCUT2D eigenvalue weighted by Crippen LogP contribution is -2.50. The zero-order chi connectivity index (χ0) is 21.1. The Morgan fingerprint density at radius 2 is 1.67 bits per heavy atom. The summed E-state index contributed by atoms with van der Waals surface area (Å²) in [6.07, 6.45) is 0. The van der Waals surface area contributed by atoms with E-state index in [1.54, 1.807) is 41.3 Å². The maximum atomic E-state index is 14.0. The Kier molecular flexibility index (Phi) is 5.81. The molecule has 2 aromatic carbocycles. The molecule has 1 fully saturated rings. The highest BCUT2D eigenvalue weighted by Gasteiger charge is 2.23. The Morgan fingerprint density at radius 1 is 0.967 bits per heavy atom. The zero-order valence-corrected chi connectivity index (χ0v) is 16.9. The van der Waals surface area contributed by atoms with E-state index in [1.165, 1.54) is 16.8 Å². The van der Waals surface area contributed by atoms with Crippen LogP contribution in [0.5, 0.6) is 0 Å². The molecule has 3 aromatic rings. The average Bonchev–Trinajstić information content (AvgIpc) is 2.76. The van der Waals surface area contributed by atoms with Gasteiger partial charge in [0.25, 0.3) is 5.56 Å². The van der Waals surface area contributed by atoms with E-state index < -0.39 is 0 Å². The van der Waals surface area contributed by atoms with Crippen LogP contribution in [0.3, 0.4) is 0 Å². The maximum Gasteiger partial charge on any atom is 0.267 e. The Balaban J connectivity index is 1.43. The molecular weight excluding hydrogens is 407 g/mol. The molecule has 30 heavy (non-hydrogen) atoms. The molecule has 0 spiro atoms. The van der Waals surface area contributed by atoms with Crippen LogP contribution in [0.15, 0.2) is 65.5 Å². The number of nitrogens with zero attached hydrogens (tertiary/aromatic N) is 4. The molecule has 4 rings (SSSR count). The normalized spacial score (nSPS) is 14.1. The van der Waals surface area contributed by atoms with Gasteiger partial charge in [0.05, 0.1) is 11.4 Å². The highest BCUT2D eigenvalue weighted by molar-refractivity contribution is 6.30. The topological polar surface area (TPSA) is 58.4 Å². The van der Waals surface area contributed by atoms with E-state index in [9.17, 15) is 14.0 Å². The smallest absolute Gasteiger partial charge is 0.267 e. The van der Waals surface area contributed by atoms with Crippen LogP contribution >= 0.6 is 11.6 Å². The minimum Gasteiger partial charge on any atom is -0.366 e. The fraction of sp³-hybridized carbons (Fsp3) is 0.227. The van der Waals surface area contributed by atoms with Crippen molar-refractivity contribution in [3.63, 3.8) is 0 Å². The summed E-state index contributed by atoms with van der Waals surface area (Å²) in [6, 6.07) is 16.7. The SMILES string of the molecule is O=C(Cn1nc(-c2ccc(Cl)cc2)ccc1=O)N1CCN(c2ccccc2F)CC1. The second kappa shape index (κ2) is 8.67. The summed E-state index contributed by atoms with van der Waals surface area (Å²) in [6.45, 7) is 1.83. The predicted molar refractivity (Wildman–Crippen MR) is 114 cm³/mol.